The van der Waals surface area contributed by atoms with E-state index in [1.807, 2.05) is 24.4 Å². The lowest BCUT2D eigenvalue weighted by molar-refractivity contribution is -0.384. The smallest absolute Gasteiger partial charge is 0.295 e. The Labute approximate surface area is 174 Å². The van der Waals surface area contributed by atoms with Gasteiger partial charge in [-0.05, 0) is 31.2 Å². The molecule has 150 valence electrons. The van der Waals surface area contributed by atoms with Crippen LogP contribution in [0, 0.1) is 10.1 Å². The van der Waals surface area contributed by atoms with E-state index in [1.165, 1.54) is 46.9 Å². The molecule has 0 radical (unpaired) electrons. The predicted molar refractivity (Wildman–Crippen MR) is 109 cm³/mol. The second-order valence-corrected chi connectivity index (χ2v) is 7.20. The molecule has 4 aromatic rings. The van der Waals surface area contributed by atoms with Gasteiger partial charge in [0.1, 0.15) is 23.3 Å². The van der Waals surface area contributed by atoms with Gasteiger partial charge in [-0.1, -0.05) is 0 Å². The van der Waals surface area contributed by atoms with Gasteiger partial charge in [0, 0.05) is 35.0 Å². The molecule has 1 unspecified atom stereocenters. The molecule has 0 aliphatic carbocycles. The third-order valence-electron chi connectivity index (χ3n) is 4.30. The Morgan fingerprint density at radius 2 is 2.17 bits per heavy atom. The molecule has 11 heteroatoms. The monoisotopic (exact) mass is 421 g/mol. The first-order valence-electron chi connectivity index (χ1n) is 8.83. The molecule has 4 rings (SSSR count). The Morgan fingerprint density at radius 3 is 2.87 bits per heavy atom. The van der Waals surface area contributed by atoms with Crippen LogP contribution >= 0.6 is 11.3 Å². The molecule has 3 aromatic heterocycles. The zero-order valence-electron chi connectivity index (χ0n) is 15.7. The summed E-state index contributed by atoms with van der Waals surface area (Å²) in [6.07, 6.45) is 6.04. The van der Waals surface area contributed by atoms with Gasteiger partial charge < -0.3 is 5.32 Å². The molecule has 0 saturated heterocycles. The second-order valence-electron chi connectivity index (χ2n) is 6.31. The van der Waals surface area contributed by atoms with Crippen LogP contribution in [0.1, 0.15) is 28.3 Å². The van der Waals surface area contributed by atoms with Crippen LogP contribution in [0.25, 0.3) is 16.9 Å². The lowest BCUT2D eigenvalue weighted by atomic mass is 10.1. The largest absolute Gasteiger partial charge is 0.343 e. The van der Waals surface area contributed by atoms with Gasteiger partial charge in [0.2, 0.25) is 0 Å². The van der Waals surface area contributed by atoms with Gasteiger partial charge in [-0.2, -0.15) is 5.10 Å². The fourth-order valence-electron chi connectivity index (χ4n) is 2.81. The Balaban J connectivity index is 1.53. The van der Waals surface area contributed by atoms with Gasteiger partial charge in [0.05, 0.1) is 16.7 Å². The van der Waals surface area contributed by atoms with Gasteiger partial charge >= 0.3 is 0 Å². The summed E-state index contributed by atoms with van der Waals surface area (Å²) < 4.78 is 1.28. The number of nitrogens with zero attached hydrogens (tertiary/aromatic N) is 6. The minimum atomic E-state index is -0.557. The molecule has 0 saturated carbocycles. The number of benzene rings is 1. The molecule has 1 aromatic carbocycles. The van der Waals surface area contributed by atoms with Crippen LogP contribution in [0.2, 0.25) is 0 Å². The minimum Gasteiger partial charge on any atom is -0.343 e. The van der Waals surface area contributed by atoms with E-state index in [1.54, 1.807) is 12.4 Å². The number of rotatable bonds is 6. The predicted octanol–water partition coefficient (Wildman–Crippen LogP) is 3.19. The maximum absolute atomic E-state index is 12.7. The number of carbonyl (C=O) groups excluding carboxylic acids is 1. The summed E-state index contributed by atoms with van der Waals surface area (Å²) in [7, 11) is 0. The molecule has 1 amide bonds. The lowest BCUT2D eigenvalue weighted by Crippen LogP contribution is -2.26. The number of nitrogens with one attached hydrogen (secondary N) is 1. The Bertz CT molecular complexity index is 1190. The van der Waals surface area contributed by atoms with Crippen molar-refractivity contribution in [2.45, 2.75) is 13.0 Å². The van der Waals surface area contributed by atoms with Crippen LogP contribution in [0.3, 0.4) is 0 Å². The summed E-state index contributed by atoms with van der Waals surface area (Å²) in [5.74, 6) is -0.436. The number of carbonyl (C=O) groups is 1. The van der Waals surface area contributed by atoms with Gasteiger partial charge in [-0.3, -0.25) is 19.9 Å². The molecule has 0 bridgehead atoms. The topological polar surface area (TPSA) is 129 Å². The first kappa shape index (κ1) is 19.3. The number of pyridine rings is 1. The molecule has 0 aliphatic rings. The number of nitro groups is 1. The van der Waals surface area contributed by atoms with Crippen molar-refractivity contribution in [2.75, 3.05) is 0 Å². The maximum atomic E-state index is 12.7. The maximum Gasteiger partial charge on any atom is 0.295 e. The van der Waals surface area contributed by atoms with E-state index in [9.17, 15) is 14.9 Å². The zero-order chi connectivity index (χ0) is 21.1. The molecule has 0 aliphatic heterocycles. The molecule has 0 spiro atoms. The highest BCUT2D eigenvalue weighted by Gasteiger charge is 2.21. The van der Waals surface area contributed by atoms with Crippen LogP contribution in [0.15, 0.2) is 60.8 Å². The number of aromatic nitrogens is 5. The number of hydrogen-bond donors (Lipinski definition) is 1. The summed E-state index contributed by atoms with van der Waals surface area (Å²) in [4.78, 5) is 36.0. The van der Waals surface area contributed by atoms with Crippen LogP contribution in [-0.2, 0) is 0 Å². The normalized spacial score (nSPS) is 11.8. The summed E-state index contributed by atoms with van der Waals surface area (Å²) in [6.45, 7) is 1.81. The Kier molecular flexibility index (Phi) is 5.26. The molecular weight excluding hydrogens is 406 g/mol. The van der Waals surface area contributed by atoms with Gasteiger partial charge in [0.15, 0.2) is 0 Å². The summed E-state index contributed by atoms with van der Waals surface area (Å²) in [5.41, 5.74) is 1.81. The van der Waals surface area contributed by atoms with Crippen molar-refractivity contribution in [3.63, 3.8) is 0 Å². The molecule has 0 fully saturated rings. The van der Waals surface area contributed by atoms with E-state index in [-0.39, 0.29) is 23.0 Å². The molecule has 30 heavy (non-hydrogen) atoms. The van der Waals surface area contributed by atoms with Crippen LogP contribution in [-0.4, -0.2) is 35.6 Å². The number of nitro benzene ring substituents is 1. The van der Waals surface area contributed by atoms with E-state index in [4.69, 9.17) is 0 Å². The second kappa shape index (κ2) is 8.17. The zero-order valence-corrected chi connectivity index (χ0v) is 16.5. The van der Waals surface area contributed by atoms with Crippen molar-refractivity contribution in [2.24, 2.45) is 0 Å². The highest BCUT2D eigenvalue weighted by atomic mass is 32.1. The van der Waals surface area contributed by atoms with Crippen LogP contribution in [0.5, 0.6) is 0 Å². The fourth-order valence-corrected chi connectivity index (χ4v) is 3.65. The highest BCUT2D eigenvalue weighted by molar-refractivity contribution is 7.10. The van der Waals surface area contributed by atoms with E-state index in [0.717, 1.165) is 16.3 Å². The van der Waals surface area contributed by atoms with Crippen molar-refractivity contribution in [3.8, 4) is 16.9 Å². The molecule has 10 nitrogen and oxygen atoms in total. The fraction of sp³-hybridized carbons (Fsp3) is 0.105. The summed E-state index contributed by atoms with van der Waals surface area (Å²) >= 11 is 1.42. The van der Waals surface area contributed by atoms with E-state index < -0.39 is 10.8 Å². The Morgan fingerprint density at radius 1 is 1.30 bits per heavy atom. The molecule has 1 atom stereocenters. The Hall–Kier alpha value is -3.99. The third kappa shape index (κ3) is 3.91. The van der Waals surface area contributed by atoms with Crippen molar-refractivity contribution in [1.29, 1.82) is 0 Å². The highest BCUT2D eigenvalue weighted by Crippen LogP contribution is 2.26. The van der Waals surface area contributed by atoms with E-state index in [2.05, 4.69) is 25.4 Å². The number of thiazole rings is 1. The molecule has 1 N–H and O–H groups in total. The van der Waals surface area contributed by atoms with Gasteiger partial charge in [-0.25, -0.2) is 14.6 Å². The van der Waals surface area contributed by atoms with Crippen molar-refractivity contribution >= 4 is 22.9 Å². The number of hydrogen-bond acceptors (Lipinski definition) is 8. The lowest BCUT2D eigenvalue weighted by Gasteiger charge is -2.12. The van der Waals surface area contributed by atoms with Crippen molar-refractivity contribution < 1.29 is 9.72 Å². The third-order valence-corrected chi connectivity index (χ3v) is 5.32. The van der Waals surface area contributed by atoms with Crippen LogP contribution < -0.4 is 5.32 Å². The summed E-state index contributed by atoms with van der Waals surface area (Å²) in [6, 6.07) is 7.56. The number of amides is 1. The quantitative estimate of drug-likeness (QED) is 0.374. The van der Waals surface area contributed by atoms with Crippen molar-refractivity contribution in [3.05, 3.63) is 81.4 Å². The molecule has 3 heterocycles. The minimum absolute atomic E-state index is 0.168. The van der Waals surface area contributed by atoms with E-state index >= 15 is 0 Å². The van der Waals surface area contributed by atoms with Gasteiger partial charge in [0.25, 0.3) is 11.6 Å². The summed E-state index contributed by atoms with van der Waals surface area (Å²) in [5, 5.41) is 20.8. The van der Waals surface area contributed by atoms with Crippen LogP contribution in [0.4, 0.5) is 5.69 Å². The average Bonchev–Trinajstić information content (AvgIpc) is 3.46. The first-order chi connectivity index (χ1) is 14.5. The van der Waals surface area contributed by atoms with Gasteiger partial charge in [-0.15, -0.1) is 11.3 Å². The SMILES string of the molecule is CC(NC(=O)c1ccc(-n2cncn2)c([N+](=O)[O-])c1)c1nc(-c2cccnc2)cs1. The molecular formula is C19H15N7O3S. The van der Waals surface area contributed by atoms with Crippen molar-refractivity contribution in [1.82, 2.24) is 30.0 Å². The standard InChI is InChI=1S/C19H15N7O3S/c1-12(19-24-15(9-30-19)14-3-2-6-20-8-14)23-18(27)13-4-5-16(17(7-13)26(28)29)25-11-21-10-22-25/h2-12H,1H3,(H,23,27). The average molecular weight is 421 g/mol. The first-order valence-corrected chi connectivity index (χ1v) is 9.71. The van der Waals surface area contributed by atoms with E-state index in [0.29, 0.717) is 0 Å².